The normalized spacial score (nSPS) is 20.7. The van der Waals surface area contributed by atoms with Crippen molar-refractivity contribution in [2.24, 2.45) is 7.05 Å². The number of fused-ring (bicyclic) bond motifs is 1. The Hall–Kier alpha value is -1.65. The zero-order valence-electron chi connectivity index (χ0n) is 15.5. The van der Waals surface area contributed by atoms with Crippen molar-refractivity contribution in [2.75, 3.05) is 12.3 Å². The Morgan fingerprint density at radius 3 is 2.93 bits per heavy atom. The molecule has 4 heterocycles. The van der Waals surface area contributed by atoms with Crippen LogP contribution in [0, 0.1) is 6.92 Å². The van der Waals surface area contributed by atoms with Crippen LogP contribution in [0.2, 0.25) is 0 Å². The molecule has 27 heavy (non-hydrogen) atoms. The first-order valence-corrected chi connectivity index (χ1v) is 11.6. The number of aryl methyl sites for hydroxylation is 3. The highest BCUT2D eigenvalue weighted by atomic mass is 32.2. The van der Waals surface area contributed by atoms with Crippen molar-refractivity contribution in [3.8, 4) is 0 Å². The molecule has 0 aliphatic carbocycles. The van der Waals surface area contributed by atoms with E-state index in [2.05, 4.69) is 10.1 Å². The lowest BCUT2D eigenvalue weighted by atomic mass is 10.2. The van der Waals surface area contributed by atoms with Crippen molar-refractivity contribution in [2.45, 2.75) is 49.6 Å². The predicted octanol–water partition coefficient (Wildman–Crippen LogP) is 0.928. The second-order valence-corrected chi connectivity index (χ2v) is 10.0. The van der Waals surface area contributed by atoms with E-state index in [9.17, 15) is 13.2 Å². The first-order valence-electron chi connectivity index (χ1n) is 9.06. The van der Waals surface area contributed by atoms with Crippen LogP contribution in [-0.4, -0.2) is 50.4 Å². The van der Waals surface area contributed by atoms with Crippen LogP contribution in [0.25, 0.3) is 0 Å². The average Bonchev–Trinajstić information content (AvgIpc) is 3.23. The highest BCUT2D eigenvalue weighted by Gasteiger charge is 2.37. The van der Waals surface area contributed by atoms with Gasteiger partial charge in [-0.15, -0.1) is 0 Å². The van der Waals surface area contributed by atoms with E-state index in [-0.39, 0.29) is 23.2 Å². The van der Waals surface area contributed by atoms with Gasteiger partial charge in [0, 0.05) is 44.1 Å². The minimum atomic E-state index is -3.68. The standard InChI is InChI=1S/C17H23N5O3S2/c1-12-18-16(10-20(12)2)27(24,25)22-6-3-4-14(22)9-21-17(23)8-13-11-26-7-5-15(13)19-21/h8,10,14H,3-7,9,11H2,1-2H3. The van der Waals surface area contributed by atoms with Crippen molar-refractivity contribution >= 4 is 21.8 Å². The zero-order valence-corrected chi connectivity index (χ0v) is 17.1. The number of rotatable bonds is 4. The topological polar surface area (TPSA) is 90.1 Å². The highest BCUT2D eigenvalue weighted by Crippen LogP contribution is 2.27. The van der Waals surface area contributed by atoms with Gasteiger partial charge in [0.25, 0.3) is 15.6 Å². The number of imidazole rings is 1. The second-order valence-electron chi connectivity index (χ2n) is 7.09. The Balaban J connectivity index is 1.62. The number of hydrogen-bond donors (Lipinski definition) is 0. The molecule has 146 valence electrons. The summed E-state index contributed by atoms with van der Waals surface area (Å²) >= 11 is 1.80. The maximum atomic E-state index is 13.1. The molecule has 0 radical (unpaired) electrons. The van der Waals surface area contributed by atoms with Crippen molar-refractivity contribution in [3.05, 3.63) is 39.7 Å². The van der Waals surface area contributed by atoms with Crippen molar-refractivity contribution in [1.29, 1.82) is 0 Å². The SMILES string of the molecule is Cc1nc(S(=O)(=O)N2CCCC2Cn2nc3c(cc2=O)CSCC3)cn1C. The minimum absolute atomic E-state index is 0.0668. The summed E-state index contributed by atoms with van der Waals surface area (Å²) in [5.74, 6) is 2.47. The summed E-state index contributed by atoms with van der Waals surface area (Å²) in [5.41, 5.74) is 1.81. The minimum Gasteiger partial charge on any atom is -0.337 e. The zero-order chi connectivity index (χ0) is 19.2. The van der Waals surface area contributed by atoms with E-state index >= 15 is 0 Å². The summed E-state index contributed by atoms with van der Waals surface area (Å²) in [5, 5.41) is 4.60. The van der Waals surface area contributed by atoms with Crippen LogP contribution < -0.4 is 5.56 Å². The Bertz CT molecular complexity index is 1010. The fraction of sp³-hybridized carbons (Fsp3) is 0.588. The summed E-state index contributed by atoms with van der Waals surface area (Å²) in [6.07, 6.45) is 3.87. The van der Waals surface area contributed by atoms with Crippen molar-refractivity contribution in [1.82, 2.24) is 23.6 Å². The molecule has 10 heteroatoms. The van der Waals surface area contributed by atoms with Gasteiger partial charge in [-0.1, -0.05) is 0 Å². The van der Waals surface area contributed by atoms with E-state index in [1.165, 1.54) is 8.99 Å². The number of sulfonamides is 1. The lowest BCUT2D eigenvalue weighted by molar-refractivity contribution is 0.333. The van der Waals surface area contributed by atoms with Crippen LogP contribution in [0.1, 0.15) is 29.9 Å². The smallest absolute Gasteiger partial charge is 0.267 e. The van der Waals surface area contributed by atoms with E-state index in [0.717, 1.165) is 35.6 Å². The van der Waals surface area contributed by atoms with E-state index in [0.29, 0.717) is 18.8 Å². The fourth-order valence-electron chi connectivity index (χ4n) is 3.66. The van der Waals surface area contributed by atoms with E-state index in [4.69, 9.17) is 0 Å². The Morgan fingerprint density at radius 1 is 1.37 bits per heavy atom. The van der Waals surface area contributed by atoms with Gasteiger partial charge >= 0.3 is 0 Å². The number of aromatic nitrogens is 4. The maximum absolute atomic E-state index is 13.1. The van der Waals surface area contributed by atoms with Gasteiger partial charge in [-0.3, -0.25) is 4.79 Å². The average molecular weight is 410 g/mol. The van der Waals surface area contributed by atoms with Gasteiger partial charge in [-0.2, -0.15) is 21.2 Å². The van der Waals surface area contributed by atoms with Gasteiger partial charge in [0.05, 0.1) is 12.2 Å². The van der Waals surface area contributed by atoms with Crippen LogP contribution in [-0.2, 0) is 35.8 Å². The van der Waals surface area contributed by atoms with Crippen LogP contribution in [0.4, 0.5) is 0 Å². The maximum Gasteiger partial charge on any atom is 0.267 e. The summed E-state index contributed by atoms with van der Waals surface area (Å²) < 4.78 is 30.7. The van der Waals surface area contributed by atoms with Gasteiger partial charge in [0.15, 0.2) is 5.03 Å². The number of hydrogen-bond acceptors (Lipinski definition) is 6. The molecule has 0 saturated carbocycles. The third kappa shape index (κ3) is 3.45. The molecule has 1 fully saturated rings. The molecular formula is C17H23N5O3S2. The fourth-order valence-corrected chi connectivity index (χ4v) is 6.33. The third-order valence-electron chi connectivity index (χ3n) is 5.27. The third-order valence-corrected chi connectivity index (χ3v) is 8.10. The lowest BCUT2D eigenvalue weighted by Gasteiger charge is -2.24. The van der Waals surface area contributed by atoms with Gasteiger partial charge in [-0.25, -0.2) is 18.1 Å². The first-order chi connectivity index (χ1) is 12.9. The lowest BCUT2D eigenvalue weighted by Crippen LogP contribution is -2.41. The molecule has 0 N–H and O–H groups in total. The Labute approximate surface area is 162 Å². The molecule has 2 aromatic heterocycles. The van der Waals surface area contributed by atoms with Crippen molar-refractivity contribution in [3.63, 3.8) is 0 Å². The molecule has 0 amide bonds. The highest BCUT2D eigenvalue weighted by molar-refractivity contribution is 7.98. The summed E-state index contributed by atoms with van der Waals surface area (Å²) in [7, 11) is -1.91. The number of thioether (sulfide) groups is 1. The largest absolute Gasteiger partial charge is 0.337 e. The number of nitrogens with zero attached hydrogens (tertiary/aromatic N) is 5. The molecular weight excluding hydrogens is 386 g/mol. The van der Waals surface area contributed by atoms with Gasteiger partial charge < -0.3 is 4.57 Å². The molecule has 0 bridgehead atoms. The van der Waals surface area contributed by atoms with E-state index in [1.54, 1.807) is 42.6 Å². The molecule has 1 atom stereocenters. The first kappa shape index (κ1) is 18.7. The van der Waals surface area contributed by atoms with E-state index < -0.39 is 10.0 Å². The van der Waals surface area contributed by atoms with Gasteiger partial charge in [0.2, 0.25) is 0 Å². The van der Waals surface area contributed by atoms with Crippen LogP contribution in [0.15, 0.2) is 22.1 Å². The second kappa shape index (κ2) is 7.06. The van der Waals surface area contributed by atoms with Gasteiger partial charge in [-0.05, 0) is 31.1 Å². The van der Waals surface area contributed by atoms with Crippen LogP contribution in [0.3, 0.4) is 0 Å². The Kier molecular flexibility index (Phi) is 4.89. The molecule has 4 rings (SSSR count). The summed E-state index contributed by atoms with van der Waals surface area (Å²) in [6.45, 7) is 2.50. The molecule has 1 unspecified atom stereocenters. The van der Waals surface area contributed by atoms with Gasteiger partial charge in [0.1, 0.15) is 5.82 Å². The van der Waals surface area contributed by atoms with Crippen LogP contribution in [0.5, 0.6) is 0 Å². The predicted molar refractivity (Wildman–Crippen MR) is 103 cm³/mol. The van der Waals surface area contributed by atoms with Crippen molar-refractivity contribution < 1.29 is 8.42 Å². The summed E-state index contributed by atoms with van der Waals surface area (Å²) in [6, 6.07) is 1.38. The molecule has 1 saturated heterocycles. The quantitative estimate of drug-likeness (QED) is 0.746. The summed E-state index contributed by atoms with van der Waals surface area (Å²) in [4.78, 5) is 16.7. The van der Waals surface area contributed by atoms with E-state index in [1.807, 2.05) is 0 Å². The molecule has 0 spiro atoms. The monoisotopic (exact) mass is 409 g/mol. The van der Waals surface area contributed by atoms with Crippen LogP contribution >= 0.6 is 11.8 Å². The molecule has 2 aliphatic rings. The molecule has 2 aromatic rings. The Morgan fingerprint density at radius 2 is 2.19 bits per heavy atom. The molecule has 0 aromatic carbocycles. The molecule has 2 aliphatic heterocycles. The molecule has 8 nitrogen and oxygen atoms in total.